The largest absolute Gasteiger partial charge is 0.495 e. The first-order chi connectivity index (χ1) is 13.5. The molecule has 6 nitrogen and oxygen atoms in total. The molecule has 2 aromatic rings. The van der Waals surface area contributed by atoms with Crippen LogP contribution in [0.25, 0.3) is 0 Å². The van der Waals surface area contributed by atoms with Crippen molar-refractivity contribution in [2.24, 2.45) is 0 Å². The van der Waals surface area contributed by atoms with E-state index >= 15 is 0 Å². The number of carbonyl (C=O) groups is 2. The SMILES string of the molecule is COc1ccc(C)cc1NC(=O)Nc1ccc(C(=O)NC2CCCCC2)cc1. The zero-order chi connectivity index (χ0) is 19.9. The fraction of sp³-hybridized carbons (Fsp3) is 0.364. The van der Waals surface area contributed by atoms with E-state index in [0.717, 1.165) is 18.4 Å². The lowest BCUT2D eigenvalue weighted by molar-refractivity contribution is 0.0927. The summed E-state index contributed by atoms with van der Waals surface area (Å²) >= 11 is 0. The van der Waals surface area contributed by atoms with E-state index in [1.54, 1.807) is 31.4 Å². The summed E-state index contributed by atoms with van der Waals surface area (Å²) in [6, 6.07) is 12.4. The lowest BCUT2D eigenvalue weighted by atomic mass is 9.95. The second kappa shape index (κ2) is 9.26. The zero-order valence-corrected chi connectivity index (χ0v) is 16.4. The van der Waals surface area contributed by atoms with E-state index in [1.165, 1.54) is 19.3 Å². The number of ether oxygens (including phenoxy) is 1. The number of aryl methyl sites for hydroxylation is 1. The summed E-state index contributed by atoms with van der Waals surface area (Å²) in [4.78, 5) is 24.7. The first-order valence-corrected chi connectivity index (χ1v) is 9.69. The van der Waals surface area contributed by atoms with Crippen LogP contribution in [-0.2, 0) is 0 Å². The average Bonchev–Trinajstić information content (AvgIpc) is 2.69. The van der Waals surface area contributed by atoms with Gasteiger partial charge < -0.3 is 20.7 Å². The highest BCUT2D eigenvalue weighted by molar-refractivity contribution is 6.01. The highest BCUT2D eigenvalue weighted by atomic mass is 16.5. The van der Waals surface area contributed by atoms with Gasteiger partial charge in [-0.2, -0.15) is 0 Å². The Morgan fingerprint density at radius 1 is 0.964 bits per heavy atom. The van der Waals surface area contributed by atoms with E-state index in [4.69, 9.17) is 4.74 Å². The van der Waals surface area contributed by atoms with E-state index in [9.17, 15) is 9.59 Å². The Balaban J connectivity index is 1.57. The van der Waals surface area contributed by atoms with Gasteiger partial charge in [-0.25, -0.2) is 4.79 Å². The monoisotopic (exact) mass is 381 g/mol. The number of amides is 3. The van der Waals surface area contributed by atoms with Gasteiger partial charge in [-0.1, -0.05) is 25.3 Å². The van der Waals surface area contributed by atoms with Gasteiger partial charge in [-0.05, 0) is 61.7 Å². The Labute approximate surface area is 165 Å². The van der Waals surface area contributed by atoms with Crippen LogP contribution in [0.2, 0.25) is 0 Å². The van der Waals surface area contributed by atoms with Gasteiger partial charge in [0.15, 0.2) is 0 Å². The smallest absolute Gasteiger partial charge is 0.323 e. The van der Waals surface area contributed by atoms with E-state index < -0.39 is 0 Å². The molecule has 3 N–H and O–H groups in total. The van der Waals surface area contributed by atoms with E-state index in [1.807, 2.05) is 25.1 Å². The highest BCUT2D eigenvalue weighted by Crippen LogP contribution is 2.25. The molecule has 0 spiro atoms. The molecule has 1 saturated carbocycles. The lowest BCUT2D eigenvalue weighted by Crippen LogP contribution is -2.36. The predicted molar refractivity (Wildman–Crippen MR) is 111 cm³/mol. The molecule has 3 rings (SSSR count). The topological polar surface area (TPSA) is 79.5 Å². The van der Waals surface area contributed by atoms with Gasteiger partial charge in [0.2, 0.25) is 0 Å². The molecule has 0 saturated heterocycles. The summed E-state index contributed by atoms with van der Waals surface area (Å²) in [5.41, 5.74) is 2.82. The summed E-state index contributed by atoms with van der Waals surface area (Å²) in [5.74, 6) is 0.530. The fourth-order valence-corrected chi connectivity index (χ4v) is 3.42. The minimum absolute atomic E-state index is 0.0626. The standard InChI is InChI=1S/C22H27N3O3/c1-15-8-13-20(28-2)19(14-15)25-22(27)24-18-11-9-16(10-12-18)21(26)23-17-6-4-3-5-7-17/h8-14,17H,3-7H2,1-2H3,(H,23,26)(H2,24,25,27). The molecule has 1 fully saturated rings. The maximum atomic E-state index is 12.4. The second-order valence-electron chi connectivity index (χ2n) is 7.17. The van der Waals surface area contributed by atoms with Crippen molar-refractivity contribution in [2.45, 2.75) is 45.1 Å². The van der Waals surface area contributed by atoms with Crippen molar-refractivity contribution in [2.75, 3.05) is 17.7 Å². The summed E-state index contributed by atoms with van der Waals surface area (Å²) in [6.45, 7) is 1.94. The minimum atomic E-state index is -0.372. The molecule has 28 heavy (non-hydrogen) atoms. The van der Waals surface area contributed by atoms with Crippen LogP contribution in [0.15, 0.2) is 42.5 Å². The molecule has 2 aromatic carbocycles. The third kappa shape index (κ3) is 5.25. The van der Waals surface area contributed by atoms with Crippen LogP contribution in [0.3, 0.4) is 0 Å². The van der Waals surface area contributed by atoms with Crippen LogP contribution < -0.4 is 20.7 Å². The quantitative estimate of drug-likeness (QED) is 0.702. The van der Waals surface area contributed by atoms with Gasteiger partial charge in [0, 0.05) is 17.3 Å². The first kappa shape index (κ1) is 19.7. The maximum Gasteiger partial charge on any atom is 0.323 e. The fourth-order valence-electron chi connectivity index (χ4n) is 3.42. The van der Waals surface area contributed by atoms with E-state index in [2.05, 4.69) is 16.0 Å². The van der Waals surface area contributed by atoms with E-state index in [0.29, 0.717) is 22.7 Å². The number of methoxy groups -OCH3 is 1. The maximum absolute atomic E-state index is 12.4. The number of carbonyl (C=O) groups excluding carboxylic acids is 2. The molecule has 0 atom stereocenters. The predicted octanol–water partition coefficient (Wildman–Crippen LogP) is 4.71. The number of benzene rings is 2. The third-order valence-electron chi connectivity index (χ3n) is 4.95. The summed E-state index contributed by atoms with van der Waals surface area (Å²) < 4.78 is 5.27. The molecule has 6 heteroatoms. The van der Waals surface area contributed by atoms with Crippen LogP contribution in [-0.4, -0.2) is 25.1 Å². The minimum Gasteiger partial charge on any atom is -0.495 e. The number of hydrogen-bond acceptors (Lipinski definition) is 3. The Morgan fingerprint density at radius 3 is 2.36 bits per heavy atom. The van der Waals surface area contributed by atoms with Crippen molar-refractivity contribution in [1.29, 1.82) is 0 Å². The van der Waals surface area contributed by atoms with E-state index in [-0.39, 0.29) is 18.0 Å². The van der Waals surface area contributed by atoms with Gasteiger partial charge in [0.1, 0.15) is 5.75 Å². The number of nitrogens with one attached hydrogen (secondary N) is 3. The molecule has 148 valence electrons. The average molecular weight is 381 g/mol. The van der Waals surface area contributed by atoms with Crippen molar-refractivity contribution in [3.8, 4) is 5.75 Å². The van der Waals surface area contributed by atoms with Crippen LogP contribution >= 0.6 is 0 Å². The van der Waals surface area contributed by atoms with Crippen molar-refractivity contribution < 1.29 is 14.3 Å². The third-order valence-corrected chi connectivity index (χ3v) is 4.95. The molecular weight excluding hydrogens is 354 g/mol. The van der Waals surface area contributed by atoms with Gasteiger partial charge in [0.25, 0.3) is 5.91 Å². The number of urea groups is 1. The molecule has 0 unspecified atom stereocenters. The normalized spacial score (nSPS) is 14.2. The molecule has 0 bridgehead atoms. The summed E-state index contributed by atoms with van der Waals surface area (Å²) in [6.07, 6.45) is 5.70. The van der Waals surface area contributed by atoms with Crippen molar-refractivity contribution in [1.82, 2.24) is 5.32 Å². The molecule has 1 aliphatic rings. The lowest BCUT2D eigenvalue weighted by Gasteiger charge is -2.22. The Hall–Kier alpha value is -3.02. The molecule has 1 aliphatic carbocycles. The Morgan fingerprint density at radius 2 is 1.68 bits per heavy atom. The first-order valence-electron chi connectivity index (χ1n) is 9.69. The number of rotatable bonds is 5. The zero-order valence-electron chi connectivity index (χ0n) is 16.4. The summed E-state index contributed by atoms with van der Waals surface area (Å²) in [7, 11) is 1.56. The van der Waals surface area contributed by atoms with Crippen molar-refractivity contribution in [3.63, 3.8) is 0 Å². The molecule has 0 heterocycles. The van der Waals surface area contributed by atoms with Crippen LogP contribution in [0.4, 0.5) is 16.2 Å². The van der Waals surface area contributed by atoms with Crippen LogP contribution in [0.5, 0.6) is 5.75 Å². The van der Waals surface area contributed by atoms with Crippen molar-refractivity contribution in [3.05, 3.63) is 53.6 Å². The Kier molecular flexibility index (Phi) is 6.53. The van der Waals surface area contributed by atoms with Gasteiger partial charge in [-0.3, -0.25) is 4.79 Å². The van der Waals surface area contributed by atoms with Crippen LogP contribution in [0, 0.1) is 6.92 Å². The highest BCUT2D eigenvalue weighted by Gasteiger charge is 2.16. The molecule has 3 amide bonds. The molecule has 0 aliphatic heterocycles. The molecule has 0 aromatic heterocycles. The van der Waals surface area contributed by atoms with Gasteiger partial charge in [0.05, 0.1) is 12.8 Å². The van der Waals surface area contributed by atoms with Gasteiger partial charge in [-0.15, -0.1) is 0 Å². The van der Waals surface area contributed by atoms with Crippen LogP contribution in [0.1, 0.15) is 48.0 Å². The molecular formula is C22H27N3O3. The van der Waals surface area contributed by atoms with Gasteiger partial charge >= 0.3 is 6.03 Å². The summed E-state index contributed by atoms with van der Waals surface area (Å²) in [5, 5.41) is 8.65. The Bertz CT molecular complexity index is 827. The number of hydrogen-bond donors (Lipinski definition) is 3. The van der Waals surface area contributed by atoms with Crippen molar-refractivity contribution >= 4 is 23.3 Å². The number of anilines is 2. The second-order valence-corrected chi connectivity index (χ2v) is 7.17. The molecule has 0 radical (unpaired) electrons.